The number of likely N-dealkylation sites (tertiary alicyclic amines) is 1. The first-order valence-electron chi connectivity index (χ1n) is 9.96. The van der Waals surface area contributed by atoms with Crippen molar-refractivity contribution in [3.05, 3.63) is 58.9 Å². The van der Waals surface area contributed by atoms with E-state index in [1.807, 2.05) is 0 Å². The van der Waals surface area contributed by atoms with Crippen LogP contribution in [-0.4, -0.2) is 46.9 Å². The van der Waals surface area contributed by atoms with Crippen molar-refractivity contribution in [2.75, 3.05) is 18.4 Å². The summed E-state index contributed by atoms with van der Waals surface area (Å²) in [6, 6.07) is 11.0. The molecule has 2 amide bonds. The van der Waals surface area contributed by atoms with Gasteiger partial charge >= 0.3 is 0 Å². The highest BCUT2D eigenvalue weighted by molar-refractivity contribution is 6.30. The molecule has 0 unspecified atom stereocenters. The molecule has 0 saturated carbocycles. The molecular weight excluding hydrogens is 388 g/mol. The Hall–Kier alpha value is -2.44. The summed E-state index contributed by atoms with van der Waals surface area (Å²) in [5.74, 6) is -0.402. The van der Waals surface area contributed by atoms with E-state index in [0.29, 0.717) is 28.0 Å². The summed E-state index contributed by atoms with van der Waals surface area (Å²) in [4.78, 5) is 31.9. The fourth-order valence-electron chi connectivity index (χ4n) is 3.50. The average molecular weight is 415 g/mol. The number of rotatable bonds is 6. The highest BCUT2D eigenvalue weighted by atomic mass is 35.5. The molecule has 7 heteroatoms. The van der Waals surface area contributed by atoms with Crippen molar-refractivity contribution < 1.29 is 9.59 Å². The number of pyridine rings is 1. The van der Waals surface area contributed by atoms with Crippen molar-refractivity contribution >= 4 is 29.1 Å². The van der Waals surface area contributed by atoms with Crippen LogP contribution < -0.4 is 10.6 Å². The Morgan fingerprint density at radius 3 is 2.52 bits per heavy atom. The van der Waals surface area contributed by atoms with E-state index in [9.17, 15) is 9.59 Å². The number of carbonyl (C=O) groups excluding carboxylic acids is 2. The number of carbonyl (C=O) groups is 2. The quantitative estimate of drug-likeness (QED) is 0.758. The molecule has 1 saturated heterocycles. The standard InChI is InChI=1S/C22H27ClN4O2/c1-15(2)27-12-9-18(10-13-27)26-22(29)19-4-3-11-24-20(19)14-21(28)25-17-7-5-16(23)6-8-17/h3-8,11,15,18H,9-10,12-14H2,1-2H3,(H,25,28)(H,26,29). The van der Waals surface area contributed by atoms with Crippen LogP contribution in [0.4, 0.5) is 5.69 Å². The largest absolute Gasteiger partial charge is 0.349 e. The highest BCUT2D eigenvalue weighted by Crippen LogP contribution is 2.16. The molecule has 0 bridgehead atoms. The maximum Gasteiger partial charge on any atom is 0.253 e. The Kier molecular flexibility index (Phi) is 7.23. The van der Waals surface area contributed by atoms with Crippen molar-refractivity contribution in [1.29, 1.82) is 0 Å². The van der Waals surface area contributed by atoms with Crippen molar-refractivity contribution in [3.8, 4) is 0 Å². The summed E-state index contributed by atoms with van der Waals surface area (Å²) >= 11 is 5.87. The molecular formula is C22H27ClN4O2. The number of amides is 2. The van der Waals surface area contributed by atoms with Crippen molar-refractivity contribution in [3.63, 3.8) is 0 Å². The van der Waals surface area contributed by atoms with E-state index in [1.54, 1.807) is 42.6 Å². The third-order valence-corrected chi connectivity index (χ3v) is 5.44. The smallest absolute Gasteiger partial charge is 0.253 e. The third-order valence-electron chi connectivity index (χ3n) is 5.19. The average Bonchev–Trinajstić information content (AvgIpc) is 2.70. The molecule has 0 aliphatic carbocycles. The second kappa shape index (κ2) is 9.85. The van der Waals surface area contributed by atoms with Crippen molar-refractivity contribution in [2.24, 2.45) is 0 Å². The van der Waals surface area contributed by atoms with Gasteiger partial charge in [0.25, 0.3) is 5.91 Å². The van der Waals surface area contributed by atoms with Gasteiger partial charge < -0.3 is 15.5 Å². The minimum Gasteiger partial charge on any atom is -0.349 e. The third kappa shape index (κ3) is 6.02. The van der Waals surface area contributed by atoms with Gasteiger partial charge in [-0.25, -0.2) is 0 Å². The summed E-state index contributed by atoms with van der Waals surface area (Å²) in [6.07, 6.45) is 3.48. The fraction of sp³-hybridized carbons (Fsp3) is 0.409. The van der Waals surface area contributed by atoms with E-state index in [0.717, 1.165) is 25.9 Å². The lowest BCUT2D eigenvalue weighted by atomic mass is 10.0. The van der Waals surface area contributed by atoms with E-state index in [1.165, 1.54) is 0 Å². The van der Waals surface area contributed by atoms with Gasteiger partial charge in [0.05, 0.1) is 17.7 Å². The zero-order chi connectivity index (χ0) is 20.8. The summed E-state index contributed by atoms with van der Waals surface area (Å²) in [6.45, 7) is 6.34. The lowest BCUT2D eigenvalue weighted by Crippen LogP contribution is -2.46. The fourth-order valence-corrected chi connectivity index (χ4v) is 3.63. The molecule has 0 spiro atoms. The van der Waals surface area contributed by atoms with E-state index in [2.05, 4.69) is 34.4 Å². The maximum atomic E-state index is 12.8. The van der Waals surface area contributed by atoms with Crippen LogP contribution in [0.15, 0.2) is 42.6 Å². The summed E-state index contributed by atoms with van der Waals surface area (Å²) < 4.78 is 0. The molecule has 1 aliphatic heterocycles. The molecule has 1 fully saturated rings. The number of piperidine rings is 1. The van der Waals surface area contributed by atoms with Crippen LogP contribution in [0.3, 0.4) is 0 Å². The maximum absolute atomic E-state index is 12.8. The van der Waals surface area contributed by atoms with Gasteiger partial charge in [-0.3, -0.25) is 14.6 Å². The SMILES string of the molecule is CC(C)N1CCC(NC(=O)c2cccnc2CC(=O)Nc2ccc(Cl)cc2)CC1. The lowest BCUT2D eigenvalue weighted by Gasteiger charge is -2.34. The van der Waals surface area contributed by atoms with Gasteiger partial charge in [-0.1, -0.05) is 11.6 Å². The normalized spacial score (nSPS) is 15.3. The van der Waals surface area contributed by atoms with Gasteiger partial charge in [-0.05, 0) is 63.1 Å². The Balaban J connectivity index is 1.60. The minimum absolute atomic E-state index is 0.0258. The molecule has 3 rings (SSSR count). The second-order valence-electron chi connectivity index (χ2n) is 7.61. The predicted octanol–water partition coefficient (Wildman–Crippen LogP) is 3.52. The predicted molar refractivity (Wildman–Crippen MR) is 115 cm³/mol. The molecule has 2 heterocycles. The first kappa shape index (κ1) is 21.3. The van der Waals surface area contributed by atoms with Crippen LogP contribution in [0.2, 0.25) is 5.02 Å². The Morgan fingerprint density at radius 1 is 1.17 bits per heavy atom. The van der Waals surface area contributed by atoms with Gasteiger partial charge in [0.15, 0.2) is 0 Å². The van der Waals surface area contributed by atoms with Gasteiger partial charge in [0, 0.05) is 42.1 Å². The van der Waals surface area contributed by atoms with Crippen LogP contribution in [0.5, 0.6) is 0 Å². The van der Waals surface area contributed by atoms with Crippen LogP contribution in [0, 0.1) is 0 Å². The number of nitrogens with zero attached hydrogens (tertiary/aromatic N) is 2. The van der Waals surface area contributed by atoms with Gasteiger partial charge in [-0.15, -0.1) is 0 Å². The van der Waals surface area contributed by atoms with Gasteiger partial charge in [-0.2, -0.15) is 0 Å². The monoisotopic (exact) mass is 414 g/mol. The number of benzene rings is 1. The van der Waals surface area contributed by atoms with Crippen LogP contribution in [-0.2, 0) is 11.2 Å². The first-order chi connectivity index (χ1) is 13.9. The topological polar surface area (TPSA) is 74.3 Å². The highest BCUT2D eigenvalue weighted by Gasteiger charge is 2.23. The molecule has 0 atom stereocenters. The zero-order valence-electron chi connectivity index (χ0n) is 16.8. The van der Waals surface area contributed by atoms with Gasteiger partial charge in [0.1, 0.15) is 0 Å². The molecule has 6 nitrogen and oxygen atoms in total. The summed E-state index contributed by atoms with van der Waals surface area (Å²) in [5.41, 5.74) is 1.57. The zero-order valence-corrected chi connectivity index (χ0v) is 17.6. The lowest BCUT2D eigenvalue weighted by molar-refractivity contribution is -0.115. The Bertz CT molecular complexity index is 846. The molecule has 1 aliphatic rings. The number of nitrogens with one attached hydrogen (secondary N) is 2. The number of anilines is 1. The van der Waals surface area contributed by atoms with Crippen LogP contribution >= 0.6 is 11.6 Å². The van der Waals surface area contributed by atoms with E-state index in [-0.39, 0.29) is 24.3 Å². The Morgan fingerprint density at radius 2 is 1.86 bits per heavy atom. The summed E-state index contributed by atoms with van der Waals surface area (Å²) in [7, 11) is 0. The number of aromatic nitrogens is 1. The Labute approximate surface area is 176 Å². The van der Waals surface area contributed by atoms with Crippen LogP contribution in [0.1, 0.15) is 42.7 Å². The van der Waals surface area contributed by atoms with E-state index >= 15 is 0 Å². The summed E-state index contributed by atoms with van der Waals surface area (Å²) in [5, 5.41) is 6.52. The minimum atomic E-state index is -0.231. The molecule has 2 aromatic rings. The van der Waals surface area contributed by atoms with Crippen LogP contribution in [0.25, 0.3) is 0 Å². The molecule has 29 heavy (non-hydrogen) atoms. The first-order valence-corrected chi connectivity index (χ1v) is 10.3. The van der Waals surface area contributed by atoms with Crippen molar-refractivity contribution in [2.45, 2.75) is 45.2 Å². The van der Waals surface area contributed by atoms with Gasteiger partial charge in [0.2, 0.25) is 5.91 Å². The molecule has 1 aromatic heterocycles. The van der Waals surface area contributed by atoms with Crippen molar-refractivity contribution in [1.82, 2.24) is 15.2 Å². The molecule has 0 radical (unpaired) electrons. The number of halogens is 1. The second-order valence-corrected chi connectivity index (χ2v) is 8.04. The van der Waals surface area contributed by atoms with E-state index < -0.39 is 0 Å². The number of hydrogen-bond acceptors (Lipinski definition) is 4. The van der Waals surface area contributed by atoms with E-state index in [4.69, 9.17) is 11.6 Å². The molecule has 154 valence electrons. The number of hydrogen-bond donors (Lipinski definition) is 2. The molecule has 1 aromatic carbocycles. The molecule has 2 N–H and O–H groups in total.